The molecule has 0 aliphatic heterocycles. The van der Waals surface area contributed by atoms with Gasteiger partial charge in [0.1, 0.15) is 5.75 Å². The van der Waals surface area contributed by atoms with E-state index in [2.05, 4.69) is 5.32 Å². The SMILES string of the molecule is CCNC(=O)[C@@H](CC)Oc1ccccc1. The zero-order valence-corrected chi connectivity index (χ0v) is 9.19. The first kappa shape index (κ1) is 11.6. The van der Waals surface area contributed by atoms with Gasteiger partial charge < -0.3 is 10.1 Å². The van der Waals surface area contributed by atoms with Crippen molar-refractivity contribution in [3.63, 3.8) is 0 Å². The van der Waals surface area contributed by atoms with Crippen molar-refractivity contribution in [3.8, 4) is 5.75 Å². The van der Waals surface area contributed by atoms with Gasteiger partial charge in [-0.2, -0.15) is 0 Å². The van der Waals surface area contributed by atoms with Crippen molar-refractivity contribution in [1.29, 1.82) is 0 Å². The number of carbonyl (C=O) groups is 1. The third-order valence-corrected chi connectivity index (χ3v) is 2.04. The van der Waals surface area contributed by atoms with Crippen LogP contribution in [0.15, 0.2) is 30.3 Å². The fourth-order valence-corrected chi connectivity index (χ4v) is 1.27. The predicted octanol–water partition coefficient (Wildman–Crippen LogP) is 1.98. The fourth-order valence-electron chi connectivity index (χ4n) is 1.27. The van der Waals surface area contributed by atoms with Gasteiger partial charge in [0.2, 0.25) is 0 Å². The third-order valence-electron chi connectivity index (χ3n) is 2.04. The van der Waals surface area contributed by atoms with Gasteiger partial charge in [0, 0.05) is 6.54 Å². The number of hydrogen-bond acceptors (Lipinski definition) is 2. The Kier molecular flexibility index (Phi) is 4.68. The van der Waals surface area contributed by atoms with Crippen LogP contribution in [0.3, 0.4) is 0 Å². The van der Waals surface area contributed by atoms with E-state index in [1.165, 1.54) is 0 Å². The molecule has 0 unspecified atom stereocenters. The number of hydrogen-bond donors (Lipinski definition) is 1. The van der Waals surface area contributed by atoms with E-state index in [-0.39, 0.29) is 5.91 Å². The molecule has 1 atom stereocenters. The van der Waals surface area contributed by atoms with E-state index in [4.69, 9.17) is 4.74 Å². The van der Waals surface area contributed by atoms with Crippen LogP contribution >= 0.6 is 0 Å². The maximum Gasteiger partial charge on any atom is 0.261 e. The fraction of sp³-hybridized carbons (Fsp3) is 0.417. The van der Waals surface area contributed by atoms with Gasteiger partial charge in [0.25, 0.3) is 5.91 Å². The van der Waals surface area contributed by atoms with Crippen LogP contribution in [0.4, 0.5) is 0 Å². The number of amides is 1. The molecule has 82 valence electrons. The summed E-state index contributed by atoms with van der Waals surface area (Å²) >= 11 is 0. The normalized spacial score (nSPS) is 11.9. The Hall–Kier alpha value is -1.51. The van der Waals surface area contributed by atoms with E-state index in [0.717, 1.165) is 5.75 Å². The van der Waals surface area contributed by atoms with Crippen LogP contribution in [0, 0.1) is 0 Å². The molecule has 3 heteroatoms. The van der Waals surface area contributed by atoms with Crippen LogP contribution in [0.2, 0.25) is 0 Å². The monoisotopic (exact) mass is 207 g/mol. The zero-order chi connectivity index (χ0) is 11.1. The molecular weight excluding hydrogens is 190 g/mol. The second-order valence-corrected chi connectivity index (χ2v) is 3.22. The number of ether oxygens (including phenoxy) is 1. The number of likely N-dealkylation sites (N-methyl/N-ethyl adjacent to an activating group) is 1. The van der Waals surface area contributed by atoms with Crippen LogP contribution in [0.25, 0.3) is 0 Å². The summed E-state index contributed by atoms with van der Waals surface area (Å²) < 4.78 is 5.57. The van der Waals surface area contributed by atoms with E-state index in [0.29, 0.717) is 13.0 Å². The molecule has 0 aliphatic rings. The van der Waals surface area contributed by atoms with Gasteiger partial charge in [-0.3, -0.25) is 4.79 Å². The highest BCUT2D eigenvalue weighted by atomic mass is 16.5. The Bertz CT molecular complexity index is 298. The largest absolute Gasteiger partial charge is 0.481 e. The molecule has 0 spiro atoms. The molecule has 3 nitrogen and oxygen atoms in total. The standard InChI is InChI=1S/C12H17NO2/c1-3-11(12(14)13-4-2)15-10-8-6-5-7-9-10/h5-9,11H,3-4H2,1-2H3,(H,13,14)/t11-/m1/s1. The molecule has 0 saturated carbocycles. The predicted molar refractivity (Wildman–Crippen MR) is 59.8 cm³/mol. The molecule has 1 N–H and O–H groups in total. The summed E-state index contributed by atoms with van der Waals surface area (Å²) in [6, 6.07) is 9.39. The highest BCUT2D eigenvalue weighted by molar-refractivity contribution is 5.80. The lowest BCUT2D eigenvalue weighted by Crippen LogP contribution is -2.37. The molecule has 0 aromatic heterocycles. The maximum atomic E-state index is 11.5. The maximum absolute atomic E-state index is 11.5. The van der Waals surface area contributed by atoms with Crippen molar-refractivity contribution in [2.75, 3.05) is 6.54 Å². The second kappa shape index (κ2) is 6.06. The van der Waals surface area contributed by atoms with Gasteiger partial charge >= 0.3 is 0 Å². The number of benzene rings is 1. The van der Waals surface area contributed by atoms with Gasteiger partial charge in [0.15, 0.2) is 6.10 Å². The lowest BCUT2D eigenvalue weighted by Gasteiger charge is -2.16. The molecule has 15 heavy (non-hydrogen) atoms. The lowest BCUT2D eigenvalue weighted by atomic mass is 10.2. The number of nitrogens with one attached hydrogen (secondary N) is 1. The first-order valence-corrected chi connectivity index (χ1v) is 5.27. The average molecular weight is 207 g/mol. The Morgan fingerprint density at radius 1 is 1.33 bits per heavy atom. The van der Waals surface area contributed by atoms with Gasteiger partial charge in [-0.15, -0.1) is 0 Å². The summed E-state index contributed by atoms with van der Waals surface area (Å²) in [7, 11) is 0. The first-order chi connectivity index (χ1) is 7.27. The Balaban J connectivity index is 2.58. The lowest BCUT2D eigenvalue weighted by molar-refractivity contribution is -0.128. The van der Waals surface area contributed by atoms with Crippen molar-refractivity contribution < 1.29 is 9.53 Å². The molecule has 0 fully saturated rings. The number of carbonyl (C=O) groups excluding carboxylic acids is 1. The minimum Gasteiger partial charge on any atom is -0.481 e. The molecule has 1 amide bonds. The first-order valence-electron chi connectivity index (χ1n) is 5.27. The molecular formula is C12H17NO2. The van der Waals surface area contributed by atoms with Crippen molar-refractivity contribution >= 4 is 5.91 Å². The minimum absolute atomic E-state index is 0.0520. The van der Waals surface area contributed by atoms with Gasteiger partial charge in [-0.1, -0.05) is 25.1 Å². The van der Waals surface area contributed by atoms with E-state index in [1.54, 1.807) is 0 Å². The van der Waals surface area contributed by atoms with Crippen molar-refractivity contribution in [3.05, 3.63) is 30.3 Å². The summed E-state index contributed by atoms with van der Waals surface area (Å²) in [5.74, 6) is 0.680. The topological polar surface area (TPSA) is 38.3 Å². The van der Waals surface area contributed by atoms with Crippen LogP contribution in [0.5, 0.6) is 5.75 Å². The zero-order valence-electron chi connectivity index (χ0n) is 9.19. The molecule has 1 aromatic rings. The van der Waals surface area contributed by atoms with E-state index < -0.39 is 6.10 Å². The smallest absolute Gasteiger partial charge is 0.261 e. The molecule has 0 heterocycles. The molecule has 0 bridgehead atoms. The average Bonchev–Trinajstić information content (AvgIpc) is 2.27. The van der Waals surface area contributed by atoms with Crippen LogP contribution in [-0.2, 0) is 4.79 Å². The van der Waals surface area contributed by atoms with E-state index in [1.807, 2.05) is 44.2 Å². The highest BCUT2D eigenvalue weighted by Gasteiger charge is 2.16. The quantitative estimate of drug-likeness (QED) is 0.801. The highest BCUT2D eigenvalue weighted by Crippen LogP contribution is 2.12. The second-order valence-electron chi connectivity index (χ2n) is 3.22. The van der Waals surface area contributed by atoms with Crippen molar-refractivity contribution in [2.24, 2.45) is 0 Å². The molecule has 0 radical (unpaired) electrons. The van der Waals surface area contributed by atoms with Crippen molar-refractivity contribution in [2.45, 2.75) is 26.4 Å². The summed E-state index contributed by atoms with van der Waals surface area (Å²) in [5, 5.41) is 2.75. The molecule has 0 aliphatic carbocycles. The molecule has 0 saturated heterocycles. The third kappa shape index (κ3) is 3.62. The summed E-state index contributed by atoms with van der Waals surface area (Å²) in [4.78, 5) is 11.5. The molecule has 1 aromatic carbocycles. The van der Waals surface area contributed by atoms with Crippen molar-refractivity contribution in [1.82, 2.24) is 5.32 Å². The minimum atomic E-state index is -0.396. The Labute approximate surface area is 90.4 Å². The summed E-state index contributed by atoms with van der Waals surface area (Å²) in [5.41, 5.74) is 0. The summed E-state index contributed by atoms with van der Waals surface area (Å²) in [6.07, 6.45) is 0.271. The Morgan fingerprint density at radius 2 is 2.00 bits per heavy atom. The van der Waals surface area contributed by atoms with E-state index in [9.17, 15) is 4.79 Å². The number of para-hydroxylation sites is 1. The van der Waals surface area contributed by atoms with Gasteiger partial charge in [-0.25, -0.2) is 0 Å². The molecule has 1 rings (SSSR count). The summed E-state index contributed by atoms with van der Waals surface area (Å²) in [6.45, 7) is 4.46. The van der Waals surface area contributed by atoms with Gasteiger partial charge in [0.05, 0.1) is 0 Å². The van der Waals surface area contributed by atoms with Crippen LogP contribution in [0.1, 0.15) is 20.3 Å². The van der Waals surface area contributed by atoms with Crippen LogP contribution in [-0.4, -0.2) is 18.6 Å². The van der Waals surface area contributed by atoms with E-state index >= 15 is 0 Å². The van der Waals surface area contributed by atoms with Gasteiger partial charge in [-0.05, 0) is 25.5 Å². The Morgan fingerprint density at radius 3 is 2.53 bits per heavy atom. The number of rotatable bonds is 5. The van der Waals surface area contributed by atoms with Crippen LogP contribution < -0.4 is 10.1 Å².